The van der Waals surface area contributed by atoms with Crippen molar-refractivity contribution in [2.75, 3.05) is 26.4 Å². The lowest BCUT2D eigenvalue weighted by Gasteiger charge is -2.41. The van der Waals surface area contributed by atoms with Crippen LogP contribution in [0.25, 0.3) is 0 Å². The highest BCUT2D eigenvalue weighted by molar-refractivity contribution is 5.90. The van der Waals surface area contributed by atoms with Crippen LogP contribution in [0.4, 0.5) is 180 Å². The molecule has 0 amide bonds. The second-order valence-electron chi connectivity index (χ2n) is 22.7. The Labute approximate surface area is 592 Å². The van der Waals surface area contributed by atoms with Crippen molar-refractivity contribution in [3.8, 4) is 0 Å². The number of ether oxygens (including phenoxy) is 9. The first kappa shape index (κ1) is 109. The van der Waals surface area contributed by atoms with E-state index >= 15 is 0 Å². The van der Waals surface area contributed by atoms with Gasteiger partial charge in [0, 0.05) is 5.57 Å². The first-order valence-electron chi connectivity index (χ1n) is 27.8. The summed E-state index contributed by atoms with van der Waals surface area (Å²) >= 11 is 0. The molecule has 111 heavy (non-hydrogen) atoms. The van der Waals surface area contributed by atoms with Gasteiger partial charge in [0.25, 0.3) is 12.2 Å². The predicted octanol–water partition coefficient (Wildman–Crippen LogP) is 14.1. The summed E-state index contributed by atoms with van der Waals surface area (Å²) < 4.78 is 558. The molecule has 5 N–H and O–H groups in total. The summed E-state index contributed by atoms with van der Waals surface area (Å²) in [5.41, 5.74) is -11.3. The van der Waals surface area contributed by atoms with Gasteiger partial charge in [-0.3, -0.25) is 0 Å². The molecule has 0 aliphatic carbocycles. The second-order valence-corrected chi connectivity index (χ2v) is 22.7. The highest BCUT2D eigenvalue weighted by atomic mass is 19.5. The van der Waals surface area contributed by atoms with Gasteiger partial charge in [0.05, 0.1) is 39.0 Å². The van der Waals surface area contributed by atoms with Crippen LogP contribution < -0.4 is 0 Å². The summed E-state index contributed by atoms with van der Waals surface area (Å²) in [5, 5.41) is 42.8. The average molecular weight is 1740 g/mol. The summed E-state index contributed by atoms with van der Waals surface area (Å²) in [6.07, 6.45) is -95.3. The van der Waals surface area contributed by atoms with Gasteiger partial charge in [-0.15, -0.1) is 0 Å². The van der Waals surface area contributed by atoms with Crippen molar-refractivity contribution >= 4 is 17.9 Å². The highest BCUT2D eigenvalue weighted by Gasteiger charge is 2.71. The minimum Gasteiger partial charge on any atom is -0.493 e. The maximum atomic E-state index is 14.3. The Balaban J connectivity index is -0.00000135. The number of esters is 3. The first-order chi connectivity index (χ1) is 48.4. The molecule has 656 valence electrons. The number of hydrogen-bond acceptors (Lipinski definition) is 17. The van der Waals surface area contributed by atoms with Crippen molar-refractivity contribution in [3.05, 3.63) is 62.1 Å². The maximum Gasteiger partial charge on any atom is 0.431 e. The lowest BCUT2D eigenvalue weighted by Crippen LogP contribution is -2.63. The van der Waals surface area contributed by atoms with Crippen LogP contribution in [-0.4, -0.2) is 251 Å². The molecule has 58 heteroatoms. The third-order valence-corrected chi connectivity index (χ3v) is 13.2. The van der Waals surface area contributed by atoms with Crippen LogP contribution in [0.5, 0.6) is 0 Å². The van der Waals surface area contributed by atoms with Crippen LogP contribution in [0.2, 0.25) is 0 Å². The van der Waals surface area contributed by atoms with Gasteiger partial charge >= 0.3 is 115 Å². The van der Waals surface area contributed by atoms with Gasteiger partial charge in [0.15, 0.2) is 17.3 Å². The third-order valence-electron chi connectivity index (χ3n) is 13.2. The monoisotopic (exact) mass is 1740 g/mol. The van der Waals surface area contributed by atoms with E-state index in [4.69, 9.17) is 25.5 Å². The average Bonchev–Trinajstić information content (AvgIpc) is 0.780. The molecule has 2 saturated heterocycles. The van der Waals surface area contributed by atoms with Crippen LogP contribution in [0.3, 0.4) is 0 Å². The van der Waals surface area contributed by atoms with Gasteiger partial charge in [0.1, 0.15) is 35.6 Å². The molecule has 2 fully saturated rings. The van der Waals surface area contributed by atoms with E-state index in [9.17, 15) is 194 Å². The molecule has 2 aliphatic rings. The number of aliphatic hydroxyl groups is 5. The zero-order valence-electron chi connectivity index (χ0n) is 55.1. The Hall–Kier alpha value is -6.52. The molecular formula is C53H55F41O17. The largest absolute Gasteiger partial charge is 0.493 e. The molecule has 0 aromatic carbocycles. The van der Waals surface area contributed by atoms with E-state index in [1.165, 1.54) is 0 Å². The van der Waals surface area contributed by atoms with Crippen LogP contribution in [0.15, 0.2) is 62.1 Å². The fourth-order valence-corrected chi connectivity index (χ4v) is 6.80. The molecule has 2 rings (SSSR count). The van der Waals surface area contributed by atoms with Gasteiger partial charge in [-0.05, 0) is 41.5 Å². The molecule has 0 spiro atoms. The van der Waals surface area contributed by atoms with E-state index in [1.54, 1.807) is 0 Å². The molecular weight excluding hydrogens is 1690 g/mol. The second kappa shape index (κ2) is 37.4. The Kier molecular flexibility index (Phi) is 36.6. The van der Waals surface area contributed by atoms with Gasteiger partial charge in [-0.1, -0.05) is 32.9 Å². The number of rotatable bonds is 24. The molecule has 0 radical (unpaired) electrons. The number of carbonyl (C=O) groups excluding carboxylic acids is 3. The summed E-state index contributed by atoms with van der Waals surface area (Å²) in [4.78, 5) is 33.2. The smallest absolute Gasteiger partial charge is 0.431 e. The summed E-state index contributed by atoms with van der Waals surface area (Å²) in [6.45, 7) is 10.5. The standard InChI is InChI=1S/C14H11F13O5.C12H12F10O4.C10H10F8O3.C10H13F5O3.C7H9F5O2/c1-4(12(19,20)21)7(28)32-9(14(25,26)27)11(17,18)6-3-30-2-5(31-6)10(15,16)8(29)13(22,23)24;1-2-25-8(12(20,21)22)10(15,16)6-4-24-3-5(26-6)9(13,14)7(23)11(17,18)19;1-4(9(13,14)15)5(19)21-7(2,3)8(11,12)6(20)10(16,17)18;1-5(2)6(16)18-8(3,4)9(11,12)7(17)10(13,14)15;1-3-14-4(2)6(8,9)5(13)7(10,11)12/h5-6,8-9,29H,1-3H2;2,5-8,23H,1,3-4H2;6,20H,1H2,2-3H3;7,17H,1H2,2-4H3;3-5,13H,1H2,2H3. The Morgan fingerprint density at radius 1 is 0.369 bits per heavy atom. The minimum atomic E-state index is -6.31. The number of carbonyl (C=O) groups is 3. The van der Waals surface area contributed by atoms with Gasteiger partial charge in [0.2, 0.25) is 30.5 Å². The SMILES string of the molecule is C=C(C(=O)OC(C(F)(F)F)C(F)(F)C1COCC(C(F)(F)C(O)C(F)(F)F)O1)C(F)(F)F.C=C(C(=O)OC(C)(C)C(F)(F)C(O)C(F)(F)F)C(F)(F)F.C=C(C)C(=O)OC(C)(C)C(F)(F)C(O)C(F)(F)F.C=COC(C(F)(F)F)C(F)(F)C1COCC(C(F)(F)C(O)C(F)(F)F)O1.C=COC(C)C(F)(F)C(O)C(F)(F)F. The zero-order valence-corrected chi connectivity index (χ0v) is 55.1. The number of alkyl halides is 41. The first-order valence-corrected chi connectivity index (χ1v) is 27.8. The number of halogens is 41. The molecule has 0 bridgehead atoms. The summed E-state index contributed by atoms with van der Waals surface area (Å²) in [5.74, 6) is -42.1. The molecule has 0 saturated carbocycles. The third kappa shape index (κ3) is 29.7. The Bertz CT molecular complexity index is 3050. The van der Waals surface area contributed by atoms with Crippen LogP contribution in [-0.2, 0) is 57.0 Å². The molecule has 2 heterocycles. The topological polar surface area (TPSA) is 235 Å². The van der Waals surface area contributed by atoms with Crippen LogP contribution >= 0.6 is 0 Å². The van der Waals surface area contributed by atoms with Crippen molar-refractivity contribution < 1.29 is 263 Å². The maximum absolute atomic E-state index is 14.3. The number of hydrogen-bond donors (Lipinski definition) is 5. The molecule has 17 nitrogen and oxygen atoms in total. The van der Waals surface area contributed by atoms with Crippen LogP contribution in [0.1, 0.15) is 41.5 Å². The van der Waals surface area contributed by atoms with Crippen molar-refractivity contribution in [2.45, 2.75) is 223 Å². The van der Waals surface area contributed by atoms with Crippen molar-refractivity contribution in [3.63, 3.8) is 0 Å². The van der Waals surface area contributed by atoms with Crippen LogP contribution in [0, 0.1) is 0 Å². The Morgan fingerprint density at radius 2 is 0.622 bits per heavy atom. The van der Waals surface area contributed by atoms with Gasteiger partial charge in [-0.25, -0.2) is 31.9 Å². The molecule has 0 aromatic heterocycles. The van der Waals surface area contributed by atoms with Crippen molar-refractivity contribution in [1.82, 2.24) is 0 Å². The van der Waals surface area contributed by atoms with E-state index in [1.807, 2.05) is 6.58 Å². The highest BCUT2D eigenvalue weighted by Crippen LogP contribution is 2.48. The normalized spacial score (nSPS) is 20.3. The van der Waals surface area contributed by atoms with Crippen molar-refractivity contribution in [1.29, 1.82) is 0 Å². The predicted molar refractivity (Wildman–Crippen MR) is 277 cm³/mol. The fourth-order valence-electron chi connectivity index (χ4n) is 6.80. The van der Waals surface area contributed by atoms with E-state index in [-0.39, 0.29) is 25.7 Å². The van der Waals surface area contributed by atoms with Crippen molar-refractivity contribution in [2.24, 2.45) is 0 Å². The zero-order chi connectivity index (χ0) is 90.0. The molecule has 2 aliphatic heterocycles. The summed E-state index contributed by atoms with van der Waals surface area (Å²) in [7, 11) is 0. The lowest BCUT2D eigenvalue weighted by atomic mass is 9.94. The molecule has 12 atom stereocenters. The van der Waals surface area contributed by atoms with E-state index in [0.29, 0.717) is 27.0 Å². The Morgan fingerprint density at radius 3 is 0.865 bits per heavy atom. The van der Waals surface area contributed by atoms with E-state index in [0.717, 1.165) is 6.92 Å². The van der Waals surface area contributed by atoms with E-state index < -0.39 is 237 Å². The van der Waals surface area contributed by atoms with E-state index in [2.05, 4.69) is 68.9 Å². The minimum absolute atomic E-state index is 0.0231. The van der Waals surface area contributed by atoms with Gasteiger partial charge < -0.3 is 68.2 Å². The quantitative estimate of drug-likeness (QED) is 0.0199. The number of aliphatic hydroxyl groups excluding tert-OH is 5. The summed E-state index contributed by atoms with van der Waals surface area (Å²) in [6, 6.07) is 0. The lowest BCUT2D eigenvalue weighted by molar-refractivity contribution is -0.349. The molecule has 0 aromatic rings. The van der Waals surface area contributed by atoms with Gasteiger partial charge in [-0.2, -0.15) is 162 Å². The fraction of sp³-hybridized carbons (Fsp3) is 0.755. The molecule has 12 unspecified atom stereocenters.